The lowest BCUT2D eigenvalue weighted by molar-refractivity contribution is 0.553. The second-order valence-corrected chi connectivity index (χ2v) is 7.48. The van der Waals surface area contributed by atoms with Gasteiger partial charge in [-0.1, -0.05) is 30.7 Å². The minimum atomic E-state index is 0.339. The minimum absolute atomic E-state index is 0.339. The van der Waals surface area contributed by atoms with Gasteiger partial charge in [-0.3, -0.25) is 0 Å². The second-order valence-electron chi connectivity index (χ2n) is 4.53. The Morgan fingerprint density at radius 1 is 1.32 bits per heavy atom. The van der Waals surface area contributed by atoms with Crippen LogP contribution >= 0.6 is 38.9 Å². The fraction of sp³-hybridized carbons (Fsp3) is 0.333. The second kappa shape index (κ2) is 6.89. The summed E-state index contributed by atoms with van der Waals surface area (Å²) in [6.07, 6.45) is 1.01. The van der Waals surface area contributed by atoms with Crippen LogP contribution in [0.4, 0.5) is 0 Å². The van der Waals surface area contributed by atoms with Crippen LogP contribution < -0.4 is 5.32 Å². The number of thiophene rings is 1. The van der Waals surface area contributed by atoms with Gasteiger partial charge in [0, 0.05) is 22.4 Å². The predicted molar refractivity (Wildman–Crippen MR) is 88.3 cm³/mol. The molecule has 0 aliphatic rings. The third kappa shape index (κ3) is 4.06. The molecule has 0 saturated carbocycles. The predicted octanol–water partition coefficient (Wildman–Crippen LogP) is 5.37. The zero-order valence-corrected chi connectivity index (χ0v) is 14.2. The van der Waals surface area contributed by atoms with Crippen LogP contribution in [0.5, 0.6) is 0 Å². The highest BCUT2D eigenvalue weighted by Gasteiger charge is 2.13. The van der Waals surface area contributed by atoms with Crippen molar-refractivity contribution in [3.63, 3.8) is 0 Å². The third-order valence-corrected chi connectivity index (χ3v) is 5.14. The van der Waals surface area contributed by atoms with Crippen molar-refractivity contribution in [1.29, 1.82) is 0 Å². The Morgan fingerprint density at radius 2 is 2.11 bits per heavy atom. The highest BCUT2D eigenvalue weighted by molar-refractivity contribution is 9.11. The van der Waals surface area contributed by atoms with Gasteiger partial charge in [-0.2, -0.15) is 0 Å². The summed E-state index contributed by atoms with van der Waals surface area (Å²) in [6, 6.07) is 10.9. The molecule has 2 aromatic rings. The lowest BCUT2D eigenvalue weighted by atomic mass is 10.0. The van der Waals surface area contributed by atoms with E-state index in [4.69, 9.17) is 11.6 Å². The molecule has 0 fully saturated rings. The molecule has 0 bridgehead atoms. The van der Waals surface area contributed by atoms with E-state index in [-0.39, 0.29) is 0 Å². The van der Waals surface area contributed by atoms with Crippen LogP contribution in [0.2, 0.25) is 5.02 Å². The molecule has 1 N–H and O–H groups in total. The van der Waals surface area contributed by atoms with Gasteiger partial charge >= 0.3 is 0 Å². The van der Waals surface area contributed by atoms with Crippen LogP contribution in [0.15, 0.2) is 34.1 Å². The monoisotopic (exact) mass is 357 g/mol. The van der Waals surface area contributed by atoms with Gasteiger partial charge in [0.15, 0.2) is 0 Å². The molecule has 0 saturated heterocycles. The quantitative estimate of drug-likeness (QED) is 0.758. The lowest BCUT2D eigenvalue weighted by Crippen LogP contribution is -2.22. The zero-order chi connectivity index (χ0) is 13.8. The Bertz CT molecular complexity index is 553. The zero-order valence-electron chi connectivity index (χ0n) is 11.0. The molecule has 0 radical (unpaired) electrons. The number of hydrogen-bond acceptors (Lipinski definition) is 2. The summed E-state index contributed by atoms with van der Waals surface area (Å²) in [7, 11) is 0. The maximum atomic E-state index is 6.10. The van der Waals surface area contributed by atoms with Gasteiger partial charge < -0.3 is 5.32 Å². The molecule has 1 aromatic heterocycles. The normalized spacial score (nSPS) is 12.6. The van der Waals surface area contributed by atoms with Crippen molar-refractivity contribution in [3.05, 3.63) is 55.1 Å². The van der Waals surface area contributed by atoms with E-state index in [1.54, 1.807) is 11.3 Å². The number of likely N-dealkylation sites (N-methyl/N-ethyl adjacent to an activating group) is 1. The van der Waals surface area contributed by atoms with E-state index < -0.39 is 0 Å². The standard InChI is InChI=1S/C15H17BrClNS/c1-3-18-14(9-12-5-7-15(16)19-12)11-4-6-13(17)10(2)8-11/h4-8,14,18H,3,9H2,1-2H3. The van der Waals surface area contributed by atoms with Crippen molar-refractivity contribution in [2.24, 2.45) is 0 Å². The molecular weight excluding hydrogens is 342 g/mol. The Balaban J connectivity index is 2.21. The molecule has 0 spiro atoms. The number of aryl methyl sites for hydroxylation is 1. The Labute approximate surface area is 132 Å². The largest absolute Gasteiger partial charge is 0.310 e. The lowest BCUT2D eigenvalue weighted by Gasteiger charge is -2.18. The third-order valence-electron chi connectivity index (χ3n) is 3.07. The van der Waals surface area contributed by atoms with Crippen LogP contribution in [-0.2, 0) is 6.42 Å². The van der Waals surface area contributed by atoms with Gasteiger partial charge in [0.25, 0.3) is 0 Å². The molecule has 4 heteroatoms. The number of benzene rings is 1. The molecule has 0 aliphatic carbocycles. The smallest absolute Gasteiger partial charge is 0.0701 e. The van der Waals surface area contributed by atoms with Gasteiger partial charge in [-0.25, -0.2) is 0 Å². The summed E-state index contributed by atoms with van der Waals surface area (Å²) >= 11 is 11.4. The molecule has 1 atom stereocenters. The van der Waals surface area contributed by atoms with Gasteiger partial charge in [-0.05, 0) is 58.7 Å². The number of rotatable bonds is 5. The van der Waals surface area contributed by atoms with Crippen LogP contribution in [0.25, 0.3) is 0 Å². The molecule has 1 aromatic carbocycles. The minimum Gasteiger partial charge on any atom is -0.310 e. The highest BCUT2D eigenvalue weighted by atomic mass is 79.9. The molecule has 1 unspecified atom stereocenters. The SMILES string of the molecule is CCNC(Cc1ccc(Br)s1)c1ccc(Cl)c(C)c1. The molecular formula is C15H17BrClNS. The summed E-state index contributed by atoms with van der Waals surface area (Å²) in [5, 5.41) is 4.38. The van der Waals surface area contributed by atoms with Crippen molar-refractivity contribution >= 4 is 38.9 Å². The van der Waals surface area contributed by atoms with Crippen molar-refractivity contribution in [2.45, 2.75) is 26.3 Å². The first-order valence-corrected chi connectivity index (χ1v) is 8.32. The first-order chi connectivity index (χ1) is 9.10. The molecule has 0 aliphatic heterocycles. The van der Waals surface area contributed by atoms with Crippen LogP contribution in [0.1, 0.15) is 29.0 Å². The fourth-order valence-electron chi connectivity index (χ4n) is 2.10. The molecule has 1 heterocycles. The maximum absolute atomic E-state index is 6.10. The number of nitrogens with one attached hydrogen (secondary N) is 1. The van der Waals surface area contributed by atoms with E-state index >= 15 is 0 Å². The number of hydrogen-bond donors (Lipinski definition) is 1. The van der Waals surface area contributed by atoms with E-state index in [1.807, 2.05) is 6.07 Å². The fourth-order valence-corrected chi connectivity index (χ4v) is 3.75. The van der Waals surface area contributed by atoms with E-state index in [0.717, 1.165) is 23.6 Å². The maximum Gasteiger partial charge on any atom is 0.0701 e. The first-order valence-electron chi connectivity index (χ1n) is 6.33. The average molecular weight is 359 g/mol. The van der Waals surface area contributed by atoms with Crippen molar-refractivity contribution < 1.29 is 0 Å². The van der Waals surface area contributed by atoms with Crippen LogP contribution in [0.3, 0.4) is 0 Å². The summed E-state index contributed by atoms with van der Waals surface area (Å²) < 4.78 is 1.19. The Kier molecular flexibility index (Phi) is 5.46. The Morgan fingerprint density at radius 3 is 2.68 bits per heavy atom. The summed E-state index contributed by atoms with van der Waals surface area (Å²) in [5.41, 5.74) is 2.43. The molecule has 0 amide bonds. The van der Waals surface area contributed by atoms with Crippen LogP contribution in [-0.4, -0.2) is 6.54 Å². The van der Waals surface area contributed by atoms with E-state index in [2.05, 4.69) is 59.4 Å². The number of halogens is 2. The molecule has 2 rings (SSSR count). The van der Waals surface area contributed by atoms with E-state index in [1.165, 1.54) is 14.2 Å². The highest BCUT2D eigenvalue weighted by Crippen LogP contribution is 2.28. The van der Waals surface area contributed by atoms with E-state index in [9.17, 15) is 0 Å². The first kappa shape index (κ1) is 15.0. The van der Waals surface area contributed by atoms with Gasteiger partial charge in [0.2, 0.25) is 0 Å². The molecule has 1 nitrogen and oxygen atoms in total. The van der Waals surface area contributed by atoms with Crippen molar-refractivity contribution in [1.82, 2.24) is 5.32 Å². The summed E-state index contributed by atoms with van der Waals surface area (Å²) in [5.74, 6) is 0. The van der Waals surface area contributed by atoms with Crippen molar-refractivity contribution in [3.8, 4) is 0 Å². The van der Waals surface area contributed by atoms with Gasteiger partial charge in [0.1, 0.15) is 0 Å². The summed E-state index contributed by atoms with van der Waals surface area (Å²) in [6.45, 7) is 5.15. The Hall–Kier alpha value is -0.350. The van der Waals surface area contributed by atoms with E-state index in [0.29, 0.717) is 6.04 Å². The summed E-state index contributed by atoms with van der Waals surface area (Å²) in [4.78, 5) is 1.38. The molecule has 102 valence electrons. The van der Waals surface area contributed by atoms with Gasteiger partial charge in [-0.15, -0.1) is 11.3 Å². The van der Waals surface area contributed by atoms with Crippen LogP contribution in [0, 0.1) is 6.92 Å². The average Bonchev–Trinajstić information content (AvgIpc) is 2.78. The molecule has 19 heavy (non-hydrogen) atoms. The topological polar surface area (TPSA) is 12.0 Å². The van der Waals surface area contributed by atoms with Gasteiger partial charge in [0.05, 0.1) is 3.79 Å². The van der Waals surface area contributed by atoms with Crippen molar-refractivity contribution in [2.75, 3.05) is 6.54 Å².